The monoisotopic (exact) mass is 257 g/mol. The zero-order valence-electron chi connectivity index (χ0n) is 8.56. The van der Waals surface area contributed by atoms with Crippen LogP contribution in [0.2, 0.25) is 0 Å². The highest BCUT2D eigenvalue weighted by molar-refractivity contribution is 7.86. The van der Waals surface area contributed by atoms with Crippen LogP contribution in [-0.2, 0) is 16.8 Å². The predicted molar refractivity (Wildman–Crippen MR) is 48.4 cm³/mol. The third-order valence-corrected chi connectivity index (χ3v) is 2.54. The number of aromatic nitrogens is 3. The third kappa shape index (κ3) is 2.71. The SMILES string of the molecule is CC(C)c1nnc(S(=O)(=O)F)n1CC(F)F. The number of nitrogens with zero attached hydrogens (tertiary/aromatic N) is 3. The molecule has 0 amide bonds. The van der Waals surface area contributed by atoms with Crippen LogP contribution < -0.4 is 0 Å². The summed E-state index contributed by atoms with van der Waals surface area (Å²) in [7, 11) is -5.14. The van der Waals surface area contributed by atoms with Crippen molar-refractivity contribution in [2.75, 3.05) is 0 Å². The summed E-state index contributed by atoms with van der Waals surface area (Å²) in [6.07, 6.45) is -2.81. The van der Waals surface area contributed by atoms with Crippen LogP contribution in [-0.4, -0.2) is 29.6 Å². The van der Waals surface area contributed by atoms with E-state index in [1.165, 1.54) is 0 Å². The minimum atomic E-state index is -5.14. The molecule has 0 aliphatic rings. The van der Waals surface area contributed by atoms with E-state index in [1.54, 1.807) is 13.8 Å². The first-order valence-electron chi connectivity index (χ1n) is 4.39. The fourth-order valence-electron chi connectivity index (χ4n) is 1.22. The van der Waals surface area contributed by atoms with Gasteiger partial charge in [-0.15, -0.1) is 10.2 Å². The molecule has 0 radical (unpaired) electrons. The molecule has 1 aromatic heterocycles. The molecule has 16 heavy (non-hydrogen) atoms. The Balaban J connectivity index is 3.31. The molecule has 0 N–H and O–H groups in total. The molecule has 0 spiro atoms. The number of rotatable bonds is 4. The van der Waals surface area contributed by atoms with Crippen molar-refractivity contribution in [2.45, 2.75) is 37.9 Å². The Kier molecular flexibility index (Phi) is 3.56. The number of hydrogen-bond donors (Lipinski definition) is 0. The van der Waals surface area contributed by atoms with Crippen molar-refractivity contribution in [2.24, 2.45) is 0 Å². The first kappa shape index (κ1) is 12.9. The van der Waals surface area contributed by atoms with Gasteiger partial charge in [0.2, 0.25) is 0 Å². The molecule has 1 heterocycles. The van der Waals surface area contributed by atoms with Gasteiger partial charge >= 0.3 is 10.2 Å². The van der Waals surface area contributed by atoms with E-state index in [2.05, 4.69) is 10.2 Å². The Morgan fingerprint density at radius 1 is 1.31 bits per heavy atom. The number of hydrogen-bond acceptors (Lipinski definition) is 4. The van der Waals surface area contributed by atoms with Gasteiger partial charge < -0.3 is 0 Å². The van der Waals surface area contributed by atoms with Crippen LogP contribution >= 0.6 is 0 Å². The van der Waals surface area contributed by atoms with Gasteiger partial charge in [-0.05, 0) is 0 Å². The maximum atomic E-state index is 12.7. The standard InChI is InChI=1S/C7H10F3N3O2S/c1-4(2)6-11-12-7(16(10,14)15)13(6)3-5(8)9/h4-5H,3H2,1-2H3. The molecule has 0 atom stereocenters. The maximum Gasteiger partial charge on any atom is 0.368 e. The van der Waals surface area contributed by atoms with E-state index in [9.17, 15) is 21.1 Å². The minimum absolute atomic E-state index is 0.0107. The van der Waals surface area contributed by atoms with Gasteiger partial charge in [0, 0.05) is 5.92 Å². The summed E-state index contributed by atoms with van der Waals surface area (Å²) in [5, 5.41) is 5.40. The Morgan fingerprint density at radius 3 is 2.25 bits per heavy atom. The van der Waals surface area contributed by atoms with Crippen molar-refractivity contribution in [3.63, 3.8) is 0 Å². The molecule has 0 fully saturated rings. The molecule has 0 aliphatic heterocycles. The van der Waals surface area contributed by atoms with Crippen LogP contribution in [0.3, 0.4) is 0 Å². The third-order valence-electron chi connectivity index (χ3n) is 1.80. The molecule has 0 saturated heterocycles. The molecule has 0 bridgehead atoms. The zero-order chi connectivity index (χ0) is 12.5. The van der Waals surface area contributed by atoms with Gasteiger partial charge in [0.15, 0.2) is 0 Å². The lowest BCUT2D eigenvalue weighted by molar-refractivity contribution is 0.121. The Bertz CT molecular complexity index is 469. The van der Waals surface area contributed by atoms with Crippen molar-refractivity contribution < 1.29 is 21.1 Å². The molecule has 0 aliphatic carbocycles. The molecular weight excluding hydrogens is 247 g/mol. The van der Waals surface area contributed by atoms with Gasteiger partial charge in [0.1, 0.15) is 5.82 Å². The molecule has 5 nitrogen and oxygen atoms in total. The molecule has 1 aromatic rings. The molecule has 9 heteroatoms. The van der Waals surface area contributed by atoms with Crippen LogP contribution in [0.1, 0.15) is 25.6 Å². The average molecular weight is 257 g/mol. The lowest BCUT2D eigenvalue weighted by Gasteiger charge is -2.09. The smallest absolute Gasteiger partial charge is 0.294 e. The molecule has 92 valence electrons. The van der Waals surface area contributed by atoms with Gasteiger partial charge in [-0.3, -0.25) is 4.57 Å². The van der Waals surface area contributed by atoms with E-state index in [4.69, 9.17) is 0 Å². The van der Waals surface area contributed by atoms with E-state index in [0.29, 0.717) is 4.57 Å². The number of alkyl halides is 2. The predicted octanol–water partition coefficient (Wildman–Crippen LogP) is 1.32. The highest BCUT2D eigenvalue weighted by Crippen LogP contribution is 2.19. The van der Waals surface area contributed by atoms with E-state index in [1.807, 2.05) is 0 Å². The van der Waals surface area contributed by atoms with E-state index in [0.717, 1.165) is 0 Å². The quantitative estimate of drug-likeness (QED) is 0.763. The van der Waals surface area contributed by atoms with Gasteiger partial charge in [0.05, 0.1) is 6.54 Å². The average Bonchev–Trinajstić information content (AvgIpc) is 2.45. The van der Waals surface area contributed by atoms with Crippen molar-refractivity contribution >= 4 is 10.2 Å². The summed E-state index contributed by atoms with van der Waals surface area (Å²) in [4.78, 5) is 0. The maximum absolute atomic E-state index is 12.7. The lowest BCUT2D eigenvalue weighted by atomic mass is 10.2. The highest BCUT2D eigenvalue weighted by Gasteiger charge is 2.26. The zero-order valence-corrected chi connectivity index (χ0v) is 9.38. The van der Waals surface area contributed by atoms with E-state index >= 15 is 0 Å². The molecule has 0 aromatic carbocycles. The van der Waals surface area contributed by atoms with Crippen molar-refractivity contribution in [3.05, 3.63) is 5.82 Å². The Labute approximate surface area is 90.5 Å². The first-order valence-corrected chi connectivity index (χ1v) is 5.77. The molecule has 1 rings (SSSR count). The van der Waals surface area contributed by atoms with Crippen molar-refractivity contribution in [1.29, 1.82) is 0 Å². The van der Waals surface area contributed by atoms with Crippen LogP contribution in [0.4, 0.5) is 12.7 Å². The highest BCUT2D eigenvalue weighted by atomic mass is 32.3. The summed E-state index contributed by atoms with van der Waals surface area (Å²) in [6.45, 7) is 2.28. The van der Waals surface area contributed by atoms with Crippen LogP contribution in [0.15, 0.2) is 5.16 Å². The minimum Gasteiger partial charge on any atom is -0.294 e. The topological polar surface area (TPSA) is 64.8 Å². The summed E-state index contributed by atoms with van der Waals surface area (Å²) in [5.74, 6) is -0.321. The normalized spacial score (nSPS) is 12.7. The second-order valence-electron chi connectivity index (χ2n) is 3.44. The fraction of sp³-hybridized carbons (Fsp3) is 0.714. The molecule has 0 saturated carbocycles. The first-order chi connectivity index (χ1) is 7.23. The second-order valence-corrected chi connectivity index (χ2v) is 4.68. The largest absolute Gasteiger partial charge is 0.368 e. The summed E-state index contributed by atoms with van der Waals surface area (Å²) in [6, 6.07) is 0. The summed E-state index contributed by atoms with van der Waals surface area (Å²) in [5.41, 5.74) is 0. The van der Waals surface area contributed by atoms with Crippen molar-refractivity contribution in [3.8, 4) is 0 Å². The van der Waals surface area contributed by atoms with Gasteiger partial charge in [-0.2, -0.15) is 8.42 Å². The Morgan fingerprint density at radius 2 is 1.88 bits per heavy atom. The fourth-order valence-corrected chi connectivity index (χ4v) is 1.79. The van der Waals surface area contributed by atoms with Gasteiger partial charge in [-0.1, -0.05) is 17.7 Å². The van der Waals surface area contributed by atoms with E-state index < -0.39 is 28.3 Å². The Hall–Kier alpha value is -1.12. The molecule has 0 unspecified atom stereocenters. The van der Waals surface area contributed by atoms with E-state index in [-0.39, 0.29) is 11.7 Å². The summed E-state index contributed by atoms with van der Waals surface area (Å²) < 4.78 is 59.0. The molecular formula is C7H10F3N3O2S. The van der Waals surface area contributed by atoms with Gasteiger partial charge in [0.25, 0.3) is 11.6 Å². The van der Waals surface area contributed by atoms with Crippen LogP contribution in [0.25, 0.3) is 0 Å². The second kappa shape index (κ2) is 4.40. The lowest BCUT2D eigenvalue weighted by Crippen LogP contribution is -2.15. The van der Waals surface area contributed by atoms with Gasteiger partial charge in [-0.25, -0.2) is 8.78 Å². The summed E-state index contributed by atoms with van der Waals surface area (Å²) >= 11 is 0. The van der Waals surface area contributed by atoms with Crippen LogP contribution in [0.5, 0.6) is 0 Å². The van der Waals surface area contributed by atoms with Crippen molar-refractivity contribution in [1.82, 2.24) is 14.8 Å². The number of halogens is 3. The van der Waals surface area contributed by atoms with Crippen LogP contribution in [0, 0.1) is 0 Å².